The van der Waals surface area contributed by atoms with Crippen LogP contribution in [-0.4, -0.2) is 54.9 Å². The normalized spacial score (nSPS) is 16.4. The van der Waals surface area contributed by atoms with Crippen LogP contribution >= 0.6 is 0 Å². The number of amides is 1. The van der Waals surface area contributed by atoms with Crippen LogP contribution in [0.3, 0.4) is 0 Å². The Morgan fingerprint density at radius 2 is 1.83 bits per heavy atom. The van der Waals surface area contributed by atoms with Crippen LogP contribution in [0, 0.1) is 11.6 Å². The van der Waals surface area contributed by atoms with E-state index in [4.69, 9.17) is 9.47 Å². The molecule has 1 unspecified atom stereocenters. The Morgan fingerprint density at radius 1 is 1.13 bits per heavy atom. The van der Waals surface area contributed by atoms with Gasteiger partial charge in [-0.2, -0.15) is 0 Å². The standard InChI is InChI=1S/C23H27F2NO4/c1-16(2)30-19-5-3-4-17(14-19)23(8-11-27,18-6-7-20(24)21(25)15-18)22(28)26-9-12-29-13-10-26/h3-7,14-16,27H,8-13H2,1-2H3. The number of aliphatic hydroxyl groups is 1. The minimum Gasteiger partial charge on any atom is -0.491 e. The molecule has 1 aliphatic heterocycles. The van der Waals surface area contributed by atoms with E-state index in [1.54, 1.807) is 29.2 Å². The van der Waals surface area contributed by atoms with E-state index in [1.807, 2.05) is 13.8 Å². The van der Waals surface area contributed by atoms with E-state index in [2.05, 4.69) is 0 Å². The molecule has 1 amide bonds. The summed E-state index contributed by atoms with van der Waals surface area (Å²) in [6.07, 6.45) is -0.0648. The summed E-state index contributed by atoms with van der Waals surface area (Å²) in [4.78, 5) is 15.5. The summed E-state index contributed by atoms with van der Waals surface area (Å²) in [5, 5.41) is 9.92. The Balaban J connectivity index is 2.19. The van der Waals surface area contributed by atoms with Gasteiger partial charge in [0.15, 0.2) is 11.6 Å². The van der Waals surface area contributed by atoms with Gasteiger partial charge in [-0.15, -0.1) is 0 Å². The average Bonchev–Trinajstić information content (AvgIpc) is 2.74. The van der Waals surface area contributed by atoms with Crippen LogP contribution in [0.25, 0.3) is 0 Å². The number of hydrogen-bond acceptors (Lipinski definition) is 4. The topological polar surface area (TPSA) is 59.0 Å². The van der Waals surface area contributed by atoms with Crippen LogP contribution in [0.2, 0.25) is 0 Å². The highest BCUT2D eigenvalue weighted by atomic mass is 19.2. The lowest BCUT2D eigenvalue weighted by atomic mass is 9.70. The van der Waals surface area contributed by atoms with Crippen LogP contribution in [-0.2, 0) is 14.9 Å². The zero-order chi connectivity index (χ0) is 21.7. The summed E-state index contributed by atoms with van der Waals surface area (Å²) >= 11 is 0. The maximum atomic E-state index is 14.2. The maximum Gasteiger partial charge on any atom is 0.237 e. The van der Waals surface area contributed by atoms with Crippen molar-refractivity contribution in [3.8, 4) is 5.75 Å². The zero-order valence-electron chi connectivity index (χ0n) is 17.2. The molecule has 0 bridgehead atoms. The quantitative estimate of drug-likeness (QED) is 0.748. The van der Waals surface area contributed by atoms with Gasteiger partial charge >= 0.3 is 0 Å². The minimum atomic E-state index is -1.39. The number of carbonyl (C=O) groups excluding carboxylic acids is 1. The molecule has 1 atom stereocenters. The molecule has 1 N–H and O–H groups in total. The lowest BCUT2D eigenvalue weighted by Crippen LogP contribution is -2.52. The number of rotatable bonds is 7. The summed E-state index contributed by atoms with van der Waals surface area (Å²) in [6, 6.07) is 10.5. The van der Waals surface area contributed by atoms with E-state index in [1.165, 1.54) is 6.07 Å². The Morgan fingerprint density at radius 3 is 2.47 bits per heavy atom. The smallest absolute Gasteiger partial charge is 0.237 e. The second-order valence-electron chi connectivity index (χ2n) is 7.61. The highest BCUT2D eigenvalue weighted by molar-refractivity contribution is 5.92. The molecule has 2 aromatic rings. The second-order valence-corrected chi connectivity index (χ2v) is 7.61. The molecule has 162 valence electrons. The monoisotopic (exact) mass is 419 g/mol. The van der Waals surface area contributed by atoms with Crippen LogP contribution < -0.4 is 4.74 Å². The Kier molecular flexibility index (Phi) is 7.05. The number of benzene rings is 2. The zero-order valence-corrected chi connectivity index (χ0v) is 17.2. The fraction of sp³-hybridized carbons (Fsp3) is 0.435. The molecule has 0 saturated carbocycles. The van der Waals surface area contributed by atoms with Crippen LogP contribution in [0.4, 0.5) is 8.78 Å². The van der Waals surface area contributed by atoms with E-state index >= 15 is 0 Å². The molecule has 1 aliphatic rings. The van der Waals surface area contributed by atoms with E-state index in [-0.39, 0.29) is 30.6 Å². The molecule has 0 aliphatic carbocycles. The SMILES string of the molecule is CC(C)Oc1cccc(C(CCO)(C(=O)N2CCOCC2)c2ccc(F)c(F)c2)c1. The lowest BCUT2D eigenvalue weighted by Gasteiger charge is -2.39. The fourth-order valence-corrected chi connectivity index (χ4v) is 3.88. The molecular formula is C23H27F2NO4. The minimum absolute atomic E-state index is 0.0133. The molecule has 7 heteroatoms. The van der Waals surface area contributed by atoms with Crippen molar-refractivity contribution in [2.45, 2.75) is 31.8 Å². The van der Waals surface area contributed by atoms with Gasteiger partial charge < -0.3 is 19.5 Å². The van der Waals surface area contributed by atoms with Gasteiger partial charge in [-0.25, -0.2) is 8.78 Å². The van der Waals surface area contributed by atoms with Gasteiger partial charge in [0.1, 0.15) is 11.2 Å². The lowest BCUT2D eigenvalue weighted by molar-refractivity contribution is -0.140. The molecule has 0 aromatic heterocycles. The summed E-state index contributed by atoms with van der Waals surface area (Å²) in [7, 11) is 0. The highest BCUT2D eigenvalue weighted by Gasteiger charge is 2.45. The van der Waals surface area contributed by atoms with Gasteiger partial charge in [0, 0.05) is 19.7 Å². The predicted molar refractivity (Wildman–Crippen MR) is 108 cm³/mol. The molecule has 30 heavy (non-hydrogen) atoms. The first-order valence-electron chi connectivity index (χ1n) is 10.1. The third-order valence-corrected chi connectivity index (χ3v) is 5.26. The van der Waals surface area contributed by atoms with Crippen LogP contribution in [0.1, 0.15) is 31.4 Å². The van der Waals surface area contributed by atoms with Gasteiger partial charge in [0.2, 0.25) is 5.91 Å². The summed E-state index contributed by atoms with van der Waals surface area (Å²) < 4.78 is 39.0. The Bertz CT molecular complexity index is 883. The maximum absolute atomic E-state index is 14.2. The third kappa shape index (κ3) is 4.47. The first-order chi connectivity index (χ1) is 14.4. The number of morpholine rings is 1. The van der Waals surface area contributed by atoms with Gasteiger partial charge in [-0.1, -0.05) is 18.2 Å². The molecule has 1 heterocycles. The van der Waals surface area contributed by atoms with Crippen LogP contribution in [0.15, 0.2) is 42.5 Å². The average molecular weight is 419 g/mol. The van der Waals surface area contributed by atoms with Crippen LogP contribution in [0.5, 0.6) is 5.75 Å². The number of carbonyl (C=O) groups is 1. The largest absolute Gasteiger partial charge is 0.491 e. The van der Waals surface area contributed by atoms with E-state index in [0.717, 1.165) is 12.1 Å². The number of hydrogen-bond donors (Lipinski definition) is 1. The van der Waals surface area contributed by atoms with Gasteiger partial charge in [-0.05, 0) is 55.7 Å². The molecule has 1 fully saturated rings. The summed E-state index contributed by atoms with van der Waals surface area (Å²) in [5.41, 5.74) is -0.553. The highest BCUT2D eigenvalue weighted by Crippen LogP contribution is 2.40. The fourth-order valence-electron chi connectivity index (χ4n) is 3.88. The number of ether oxygens (including phenoxy) is 2. The van der Waals surface area contributed by atoms with Gasteiger partial charge in [-0.3, -0.25) is 4.79 Å². The van der Waals surface area contributed by atoms with Crippen molar-refractivity contribution in [3.63, 3.8) is 0 Å². The van der Waals surface area contributed by atoms with Crippen molar-refractivity contribution < 1.29 is 28.2 Å². The first-order valence-corrected chi connectivity index (χ1v) is 10.1. The molecule has 3 rings (SSSR count). The van der Waals surface area contributed by atoms with Crippen molar-refractivity contribution >= 4 is 5.91 Å². The van der Waals surface area contributed by atoms with Crippen molar-refractivity contribution in [3.05, 3.63) is 65.2 Å². The van der Waals surface area contributed by atoms with E-state index in [9.17, 15) is 18.7 Å². The van der Waals surface area contributed by atoms with E-state index < -0.39 is 17.0 Å². The second kappa shape index (κ2) is 9.53. The Labute approximate surface area is 175 Å². The van der Waals surface area contributed by atoms with Gasteiger partial charge in [0.25, 0.3) is 0 Å². The number of aliphatic hydroxyl groups excluding tert-OH is 1. The molecule has 0 radical (unpaired) electrons. The number of nitrogens with zero attached hydrogens (tertiary/aromatic N) is 1. The molecule has 5 nitrogen and oxygen atoms in total. The van der Waals surface area contributed by atoms with Gasteiger partial charge in [0.05, 0.1) is 19.3 Å². The van der Waals surface area contributed by atoms with Crippen molar-refractivity contribution in [2.24, 2.45) is 0 Å². The number of halogens is 2. The molecule has 2 aromatic carbocycles. The first kappa shape index (κ1) is 22.2. The van der Waals surface area contributed by atoms with Crippen molar-refractivity contribution in [1.82, 2.24) is 4.90 Å². The summed E-state index contributed by atoms with van der Waals surface area (Å²) in [6.45, 7) is 5.04. The summed E-state index contributed by atoms with van der Waals surface area (Å²) in [5.74, 6) is -1.76. The predicted octanol–water partition coefficient (Wildman–Crippen LogP) is 3.28. The van der Waals surface area contributed by atoms with Crippen molar-refractivity contribution in [2.75, 3.05) is 32.9 Å². The third-order valence-electron chi connectivity index (χ3n) is 5.26. The molecule has 0 spiro atoms. The molecular weight excluding hydrogens is 392 g/mol. The van der Waals surface area contributed by atoms with E-state index in [0.29, 0.717) is 37.6 Å². The Hall–Kier alpha value is -2.51. The van der Waals surface area contributed by atoms with Crippen molar-refractivity contribution in [1.29, 1.82) is 0 Å². The molecule has 1 saturated heterocycles.